The summed E-state index contributed by atoms with van der Waals surface area (Å²) in [5.41, 5.74) is 0.813. The molecule has 1 aromatic heterocycles. The first-order valence-corrected chi connectivity index (χ1v) is 9.49. The molecule has 1 aromatic carbocycles. The predicted octanol–water partition coefficient (Wildman–Crippen LogP) is 2.57. The Bertz CT molecular complexity index is 761. The van der Waals surface area contributed by atoms with E-state index < -0.39 is 5.97 Å². The van der Waals surface area contributed by atoms with Gasteiger partial charge in [0.15, 0.2) is 5.82 Å². The van der Waals surface area contributed by atoms with Crippen LogP contribution in [0.3, 0.4) is 0 Å². The van der Waals surface area contributed by atoms with Gasteiger partial charge in [-0.15, -0.1) is 10.2 Å². The molecule has 0 spiro atoms. The van der Waals surface area contributed by atoms with Gasteiger partial charge in [-0.3, -0.25) is 4.90 Å². The summed E-state index contributed by atoms with van der Waals surface area (Å²) in [5.74, 6) is -0.167. The van der Waals surface area contributed by atoms with Crippen molar-refractivity contribution in [2.75, 3.05) is 44.8 Å². The molecule has 1 aliphatic rings. The molecule has 2 heterocycles. The first-order valence-electron chi connectivity index (χ1n) is 9.11. The molecule has 27 heavy (non-hydrogen) atoms. The number of rotatable bonds is 8. The fourth-order valence-corrected chi connectivity index (χ4v) is 3.00. The zero-order valence-electron chi connectivity index (χ0n) is 15.4. The van der Waals surface area contributed by atoms with Crippen LogP contribution in [0.1, 0.15) is 23.8 Å². The summed E-state index contributed by atoms with van der Waals surface area (Å²) < 4.78 is 10.5. The molecule has 0 radical (unpaired) electrons. The molecule has 146 valence electrons. The van der Waals surface area contributed by atoms with Gasteiger partial charge >= 0.3 is 5.97 Å². The van der Waals surface area contributed by atoms with E-state index in [2.05, 4.69) is 20.4 Å². The largest absolute Gasteiger partial charge is 0.461 e. The van der Waals surface area contributed by atoms with Crippen LogP contribution in [-0.4, -0.2) is 65.3 Å². The number of esters is 1. The molecule has 2 aromatic rings. The van der Waals surface area contributed by atoms with Crippen LogP contribution in [-0.2, 0) is 16.0 Å². The number of nitrogens with zero attached hydrogens (tertiary/aromatic N) is 4. The highest BCUT2D eigenvalue weighted by Gasteiger charge is 2.21. The summed E-state index contributed by atoms with van der Waals surface area (Å²) in [5, 5.41) is 12.4. The monoisotopic (exact) mass is 393 g/mol. The van der Waals surface area contributed by atoms with E-state index in [4.69, 9.17) is 21.1 Å². The third kappa shape index (κ3) is 5.41. The van der Waals surface area contributed by atoms with Crippen molar-refractivity contribution in [1.82, 2.24) is 19.9 Å². The predicted molar refractivity (Wildman–Crippen MR) is 103 cm³/mol. The number of morpholine rings is 1. The van der Waals surface area contributed by atoms with Crippen LogP contribution in [0.15, 0.2) is 24.3 Å². The number of anilines is 2. The highest BCUT2D eigenvalue weighted by Crippen LogP contribution is 2.25. The van der Waals surface area contributed by atoms with Crippen LogP contribution in [0.5, 0.6) is 0 Å². The quantitative estimate of drug-likeness (QED) is 0.690. The molecule has 9 heteroatoms. The molecule has 1 N–H and O–H groups in total. The van der Waals surface area contributed by atoms with Crippen molar-refractivity contribution in [3.8, 4) is 0 Å². The number of hydrogen-bond acceptors (Lipinski definition) is 7. The van der Waals surface area contributed by atoms with Crippen LogP contribution in [0, 0.1) is 0 Å². The second-order valence-electron chi connectivity index (χ2n) is 6.13. The van der Waals surface area contributed by atoms with Gasteiger partial charge in [0, 0.05) is 19.6 Å². The average Bonchev–Trinajstić information content (AvgIpc) is 3.07. The van der Waals surface area contributed by atoms with Crippen molar-refractivity contribution in [3.63, 3.8) is 0 Å². The second kappa shape index (κ2) is 9.68. The molecule has 1 saturated heterocycles. The van der Waals surface area contributed by atoms with E-state index in [1.54, 1.807) is 13.0 Å². The molecular weight excluding hydrogens is 370 g/mol. The lowest BCUT2D eigenvalue weighted by molar-refractivity contribution is 0.0366. The first-order chi connectivity index (χ1) is 13.2. The fourth-order valence-electron chi connectivity index (χ4n) is 2.82. The molecule has 0 atom stereocenters. The van der Waals surface area contributed by atoms with Crippen LogP contribution in [0.4, 0.5) is 11.5 Å². The summed E-state index contributed by atoms with van der Waals surface area (Å²) in [7, 11) is 0. The van der Waals surface area contributed by atoms with E-state index in [0.717, 1.165) is 39.3 Å². The Hall–Kier alpha value is -2.16. The van der Waals surface area contributed by atoms with Crippen molar-refractivity contribution in [1.29, 1.82) is 0 Å². The van der Waals surface area contributed by atoms with Crippen molar-refractivity contribution < 1.29 is 14.3 Å². The Labute approximate surface area is 163 Å². The van der Waals surface area contributed by atoms with E-state index in [1.165, 1.54) is 4.80 Å². The summed E-state index contributed by atoms with van der Waals surface area (Å²) in [4.78, 5) is 16.1. The molecule has 1 fully saturated rings. The van der Waals surface area contributed by atoms with Gasteiger partial charge in [0.25, 0.3) is 0 Å². The lowest BCUT2D eigenvalue weighted by Gasteiger charge is -2.26. The summed E-state index contributed by atoms with van der Waals surface area (Å²) >= 11 is 6.19. The zero-order chi connectivity index (χ0) is 19.1. The summed E-state index contributed by atoms with van der Waals surface area (Å²) in [6.07, 6.45) is 0.877. The maximum absolute atomic E-state index is 12.2. The third-order valence-corrected chi connectivity index (χ3v) is 4.52. The van der Waals surface area contributed by atoms with Gasteiger partial charge in [-0.25, -0.2) is 4.79 Å². The van der Waals surface area contributed by atoms with Crippen LogP contribution in [0.2, 0.25) is 5.02 Å². The van der Waals surface area contributed by atoms with Gasteiger partial charge < -0.3 is 14.8 Å². The van der Waals surface area contributed by atoms with Crippen molar-refractivity contribution in [2.24, 2.45) is 0 Å². The number of ether oxygens (including phenoxy) is 2. The van der Waals surface area contributed by atoms with Gasteiger partial charge in [0.2, 0.25) is 5.69 Å². The lowest BCUT2D eigenvalue weighted by atomic mass is 10.3. The SMILES string of the molecule is CCOC(=O)c1nn(CCCN2CCOCC2)nc1Nc1ccccc1Cl. The number of carbonyl (C=O) groups is 1. The van der Waals surface area contributed by atoms with Gasteiger partial charge in [0.1, 0.15) is 0 Å². The molecule has 3 rings (SSSR count). The smallest absolute Gasteiger partial charge is 0.362 e. The average molecular weight is 394 g/mol. The zero-order valence-corrected chi connectivity index (χ0v) is 16.1. The van der Waals surface area contributed by atoms with Gasteiger partial charge in [-0.05, 0) is 25.5 Å². The first kappa shape index (κ1) is 19.6. The minimum Gasteiger partial charge on any atom is -0.461 e. The van der Waals surface area contributed by atoms with Gasteiger partial charge in [0.05, 0.1) is 37.1 Å². The summed E-state index contributed by atoms with van der Waals surface area (Å²) in [6, 6.07) is 7.27. The van der Waals surface area contributed by atoms with E-state index in [0.29, 0.717) is 23.1 Å². The van der Waals surface area contributed by atoms with Gasteiger partial charge in [-0.2, -0.15) is 4.80 Å². The van der Waals surface area contributed by atoms with Crippen LogP contribution < -0.4 is 5.32 Å². The number of nitrogens with one attached hydrogen (secondary N) is 1. The highest BCUT2D eigenvalue weighted by molar-refractivity contribution is 6.33. The molecule has 0 saturated carbocycles. The Balaban J connectivity index is 1.69. The lowest BCUT2D eigenvalue weighted by Crippen LogP contribution is -2.37. The van der Waals surface area contributed by atoms with E-state index in [-0.39, 0.29) is 12.3 Å². The number of aryl methyl sites for hydroxylation is 1. The number of para-hydroxylation sites is 1. The molecule has 0 bridgehead atoms. The van der Waals surface area contributed by atoms with Crippen molar-refractivity contribution in [2.45, 2.75) is 19.9 Å². The molecule has 8 nitrogen and oxygen atoms in total. The Kier molecular flexibility index (Phi) is 7.03. The molecular formula is C18H24ClN5O3. The number of halogens is 1. The molecule has 1 aliphatic heterocycles. The van der Waals surface area contributed by atoms with Crippen LogP contribution in [0.25, 0.3) is 0 Å². The van der Waals surface area contributed by atoms with E-state index >= 15 is 0 Å². The topological polar surface area (TPSA) is 81.5 Å². The number of benzene rings is 1. The molecule has 0 aliphatic carbocycles. The van der Waals surface area contributed by atoms with E-state index in [9.17, 15) is 4.79 Å². The molecule has 0 amide bonds. The second-order valence-corrected chi connectivity index (χ2v) is 6.53. The van der Waals surface area contributed by atoms with Gasteiger partial charge in [-0.1, -0.05) is 23.7 Å². The third-order valence-electron chi connectivity index (χ3n) is 4.19. The number of carbonyl (C=O) groups excluding carboxylic acids is 1. The number of aromatic nitrogens is 3. The van der Waals surface area contributed by atoms with Crippen molar-refractivity contribution in [3.05, 3.63) is 35.0 Å². The normalized spacial score (nSPS) is 14.9. The minimum atomic E-state index is -0.508. The van der Waals surface area contributed by atoms with Crippen LogP contribution >= 0.6 is 11.6 Å². The maximum atomic E-state index is 12.2. The standard InChI is InChI=1S/C18H24ClN5O3/c1-2-27-18(25)16-17(20-15-7-4-3-6-14(15)19)22-24(21-16)9-5-8-23-10-12-26-13-11-23/h3-4,6-7H,2,5,8-13H2,1H3,(H,20,22). The highest BCUT2D eigenvalue weighted by atomic mass is 35.5. The molecule has 0 unspecified atom stereocenters. The Morgan fingerprint density at radius 2 is 2.04 bits per heavy atom. The minimum absolute atomic E-state index is 0.156. The maximum Gasteiger partial charge on any atom is 0.362 e. The van der Waals surface area contributed by atoms with Crippen molar-refractivity contribution >= 4 is 29.1 Å². The number of hydrogen-bond donors (Lipinski definition) is 1. The Morgan fingerprint density at radius 1 is 1.26 bits per heavy atom. The van der Waals surface area contributed by atoms with E-state index in [1.807, 2.05) is 18.2 Å². The summed E-state index contributed by atoms with van der Waals surface area (Å²) in [6.45, 7) is 7.01. The fraction of sp³-hybridized carbons (Fsp3) is 0.500. The Morgan fingerprint density at radius 3 is 2.78 bits per heavy atom.